The number of alkyl halides is 3. The normalized spacial score (nSPS) is 17.8. The molecule has 1 aliphatic heterocycles. The SMILES string of the molecule is CON(C)C(=O)C1Cc2ccc(C(F)(F)F)cc2N1. The number of rotatable bonds is 2. The fourth-order valence-electron chi connectivity index (χ4n) is 1.98. The van der Waals surface area contributed by atoms with Crippen LogP contribution in [0.5, 0.6) is 0 Å². The minimum absolute atomic E-state index is 0.327. The number of hydroxylamine groups is 2. The van der Waals surface area contributed by atoms with Crippen molar-refractivity contribution in [2.24, 2.45) is 0 Å². The Kier molecular flexibility index (Phi) is 3.40. The van der Waals surface area contributed by atoms with E-state index in [0.29, 0.717) is 17.7 Å². The van der Waals surface area contributed by atoms with Crippen LogP contribution in [0.1, 0.15) is 11.1 Å². The van der Waals surface area contributed by atoms with E-state index >= 15 is 0 Å². The van der Waals surface area contributed by atoms with Crippen LogP contribution in [0.4, 0.5) is 18.9 Å². The van der Waals surface area contributed by atoms with Crippen LogP contribution in [-0.4, -0.2) is 31.2 Å². The van der Waals surface area contributed by atoms with Gasteiger partial charge in [-0.3, -0.25) is 9.63 Å². The number of likely N-dealkylation sites (N-methyl/N-ethyl adjacent to an activating group) is 1. The smallest absolute Gasteiger partial charge is 0.373 e. The topological polar surface area (TPSA) is 41.6 Å². The maximum absolute atomic E-state index is 12.6. The number of amides is 1. The van der Waals surface area contributed by atoms with Crippen molar-refractivity contribution in [3.8, 4) is 0 Å². The van der Waals surface area contributed by atoms with Crippen LogP contribution in [0.2, 0.25) is 0 Å². The summed E-state index contributed by atoms with van der Waals surface area (Å²) in [6, 6.07) is 2.84. The molecule has 7 heteroatoms. The van der Waals surface area contributed by atoms with Gasteiger partial charge in [-0.2, -0.15) is 13.2 Å². The van der Waals surface area contributed by atoms with Crippen molar-refractivity contribution in [2.75, 3.05) is 19.5 Å². The van der Waals surface area contributed by atoms with E-state index in [1.165, 1.54) is 20.2 Å². The highest BCUT2D eigenvalue weighted by atomic mass is 19.4. The molecule has 1 aliphatic rings. The third kappa shape index (κ3) is 2.65. The fraction of sp³-hybridized carbons (Fsp3) is 0.417. The Morgan fingerprint density at radius 2 is 2.16 bits per heavy atom. The number of anilines is 1. The van der Waals surface area contributed by atoms with Crippen LogP contribution in [-0.2, 0) is 22.2 Å². The standard InChI is InChI=1S/C12H13F3N2O2/c1-17(19-2)11(18)10-5-7-3-4-8(12(13,14)15)6-9(7)16-10/h3-4,6,10,16H,5H2,1-2H3. The lowest BCUT2D eigenvalue weighted by molar-refractivity contribution is -0.169. The second kappa shape index (κ2) is 4.73. The summed E-state index contributed by atoms with van der Waals surface area (Å²) in [6.07, 6.45) is -4.04. The van der Waals surface area contributed by atoms with Crippen LogP contribution in [0.25, 0.3) is 0 Å². The maximum atomic E-state index is 12.6. The van der Waals surface area contributed by atoms with E-state index in [1.54, 1.807) is 0 Å². The molecule has 1 atom stereocenters. The van der Waals surface area contributed by atoms with Crippen LogP contribution in [0.3, 0.4) is 0 Å². The number of nitrogens with one attached hydrogen (secondary N) is 1. The average Bonchev–Trinajstić information content (AvgIpc) is 2.78. The summed E-state index contributed by atoms with van der Waals surface area (Å²) in [6.45, 7) is 0. The van der Waals surface area contributed by atoms with Gasteiger partial charge in [0.25, 0.3) is 5.91 Å². The van der Waals surface area contributed by atoms with Crippen molar-refractivity contribution < 1.29 is 22.8 Å². The third-order valence-electron chi connectivity index (χ3n) is 3.07. The molecule has 0 radical (unpaired) electrons. The van der Waals surface area contributed by atoms with Gasteiger partial charge in [0.05, 0.1) is 12.7 Å². The van der Waals surface area contributed by atoms with Gasteiger partial charge in [0.15, 0.2) is 0 Å². The Morgan fingerprint density at radius 3 is 2.74 bits per heavy atom. The molecule has 2 rings (SSSR count). The molecule has 0 fully saturated rings. The number of benzene rings is 1. The number of hydrogen-bond acceptors (Lipinski definition) is 3. The molecule has 4 nitrogen and oxygen atoms in total. The van der Waals surface area contributed by atoms with Gasteiger partial charge in [-0.1, -0.05) is 6.07 Å². The van der Waals surface area contributed by atoms with Crippen LogP contribution in [0, 0.1) is 0 Å². The number of fused-ring (bicyclic) bond motifs is 1. The molecule has 1 aromatic carbocycles. The van der Waals surface area contributed by atoms with Gasteiger partial charge < -0.3 is 5.32 Å². The molecule has 19 heavy (non-hydrogen) atoms. The van der Waals surface area contributed by atoms with Crippen molar-refractivity contribution in [3.05, 3.63) is 29.3 Å². The number of carbonyl (C=O) groups is 1. The monoisotopic (exact) mass is 274 g/mol. The van der Waals surface area contributed by atoms with Gasteiger partial charge in [-0.05, 0) is 17.7 Å². The number of nitrogens with zero attached hydrogens (tertiary/aromatic N) is 1. The number of carbonyl (C=O) groups excluding carboxylic acids is 1. The van der Waals surface area contributed by atoms with Crippen molar-refractivity contribution >= 4 is 11.6 Å². The molecule has 0 aliphatic carbocycles. The van der Waals surface area contributed by atoms with E-state index in [-0.39, 0.29) is 5.91 Å². The zero-order chi connectivity index (χ0) is 14.2. The Balaban J connectivity index is 2.19. The molecule has 0 saturated carbocycles. The van der Waals surface area contributed by atoms with Gasteiger partial charge in [-0.15, -0.1) is 0 Å². The van der Waals surface area contributed by atoms with Crippen molar-refractivity contribution in [2.45, 2.75) is 18.6 Å². The van der Waals surface area contributed by atoms with Crippen LogP contribution >= 0.6 is 0 Å². The summed E-state index contributed by atoms with van der Waals surface area (Å²) in [5, 5.41) is 3.84. The highest BCUT2D eigenvalue weighted by Gasteiger charge is 2.34. The first-order chi connectivity index (χ1) is 8.82. The summed E-state index contributed by atoms with van der Waals surface area (Å²) < 4.78 is 37.7. The first-order valence-electron chi connectivity index (χ1n) is 5.61. The van der Waals surface area contributed by atoms with E-state index in [2.05, 4.69) is 5.32 Å². The predicted octanol–water partition coefficient (Wildman–Crippen LogP) is 2.06. The molecule has 1 amide bonds. The van der Waals surface area contributed by atoms with E-state index < -0.39 is 17.8 Å². The molecule has 1 unspecified atom stereocenters. The van der Waals surface area contributed by atoms with E-state index in [1.807, 2.05) is 0 Å². The van der Waals surface area contributed by atoms with Gasteiger partial charge in [0.2, 0.25) is 0 Å². The van der Waals surface area contributed by atoms with E-state index in [4.69, 9.17) is 4.84 Å². The van der Waals surface area contributed by atoms with Crippen molar-refractivity contribution in [1.82, 2.24) is 5.06 Å². The van der Waals surface area contributed by atoms with Crippen LogP contribution in [0.15, 0.2) is 18.2 Å². The molecule has 1 aromatic rings. The summed E-state index contributed by atoms with van der Waals surface area (Å²) in [4.78, 5) is 16.6. The lowest BCUT2D eigenvalue weighted by Crippen LogP contribution is -2.39. The zero-order valence-electron chi connectivity index (χ0n) is 10.4. The lowest BCUT2D eigenvalue weighted by atomic mass is 10.1. The highest BCUT2D eigenvalue weighted by molar-refractivity contribution is 5.86. The average molecular weight is 274 g/mol. The summed E-state index contributed by atoms with van der Waals surface area (Å²) in [7, 11) is 2.80. The van der Waals surface area contributed by atoms with Gasteiger partial charge in [-0.25, -0.2) is 5.06 Å². The summed E-state index contributed by atoms with van der Waals surface area (Å²) in [5.41, 5.74) is 0.306. The van der Waals surface area contributed by atoms with Gasteiger partial charge in [0.1, 0.15) is 6.04 Å². The maximum Gasteiger partial charge on any atom is 0.416 e. The first-order valence-corrected chi connectivity index (χ1v) is 5.61. The molecule has 0 saturated heterocycles. The lowest BCUT2D eigenvalue weighted by Gasteiger charge is -2.18. The van der Waals surface area contributed by atoms with Gasteiger partial charge in [0, 0.05) is 19.2 Å². The van der Waals surface area contributed by atoms with Crippen molar-refractivity contribution in [3.63, 3.8) is 0 Å². The minimum Gasteiger partial charge on any atom is -0.373 e. The van der Waals surface area contributed by atoms with E-state index in [9.17, 15) is 18.0 Å². The molecule has 0 spiro atoms. The van der Waals surface area contributed by atoms with E-state index in [0.717, 1.165) is 17.2 Å². The second-order valence-corrected chi connectivity index (χ2v) is 4.29. The zero-order valence-corrected chi connectivity index (χ0v) is 10.4. The molecule has 1 N–H and O–H groups in total. The van der Waals surface area contributed by atoms with Gasteiger partial charge >= 0.3 is 6.18 Å². The quantitative estimate of drug-likeness (QED) is 0.839. The Hall–Kier alpha value is -1.76. The molecule has 104 valence electrons. The first kappa shape index (κ1) is 13.7. The summed E-state index contributed by atoms with van der Waals surface area (Å²) >= 11 is 0. The third-order valence-corrected chi connectivity index (χ3v) is 3.07. The summed E-state index contributed by atoms with van der Waals surface area (Å²) in [5.74, 6) is -0.327. The second-order valence-electron chi connectivity index (χ2n) is 4.29. The molecule has 1 heterocycles. The van der Waals surface area contributed by atoms with Crippen LogP contribution < -0.4 is 5.32 Å². The fourth-order valence-corrected chi connectivity index (χ4v) is 1.98. The molecular formula is C12H13F3N2O2. The Labute approximate surface area is 108 Å². The molecule has 0 bridgehead atoms. The number of hydrogen-bond donors (Lipinski definition) is 1. The highest BCUT2D eigenvalue weighted by Crippen LogP contribution is 2.35. The number of halogens is 3. The van der Waals surface area contributed by atoms with Crippen molar-refractivity contribution in [1.29, 1.82) is 0 Å². The molecular weight excluding hydrogens is 261 g/mol. The predicted molar refractivity (Wildman–Crippen MR) is 62.3 cm³/mol. The Bertz CT molecular complexity index is 502. The largest absolute Gasteiger partial charge is 0.416 e. The molecule has 0 aromatic heterocycles. The minimum atomic E-state index is -4.39. The Morgan fingerprint density at radius 1 is 1.47 bits per heavy atom.